The van der Waals surface area contributed by atoms with E-state index < -0.39 is 10.0 Å². The van der Waals surface area contributed by atoms with Crippen molar-refractivity contribution >= 4 is 15.9 Å². The predicted molar refractivity (Wildman–Crippen MR) is 92.6 cm³/mol. The van der Waals surface area contributed by atoms with Gasteiger partial charge in [0, 0.05) is 25.8 Å². The monoisotopic (exact) mass is 366 g/mol. The standard InChI is InChI=1S/C17H22N2O5S/c1-3-18-25(21,22)16-8-4-6-14(12-16)17(20)19(9-11-23-2)13-15-7-5-10-24-15/h4-8,10,12,18H,3,9,11,13H2,1-2H3. The van der Waals surface area contributed by atoms with Crippen LogP contribution in [0.1, 0.15) is 23.0 Å². The number of amides is 1. The first kappa shape index (κ1) is 19.2. The van der Waals surface area contributed by atoms with Crippen molar-refractivity contribution in [2.45, 2.75) is 18.4 Å². The number of nitrogens with one attached hydrogen (secondary N) is 1. The molecule has 0 bridgehead atoms. The second kappa shape index (κ2) is 8.80. The Morgan fingerprint density at radius 3 is 2.72 bits per heavy atom. The average Bonchev–Trinajstić information content (AvgIpc) is 3.11. The zero-order valence-corrected chi connectivity index (χ0v) is 15.1. The summed E-state index contributed by atoms with van der Waals surface area (Å²) >= 11 is 0. The van der Waals surface area contributed by atoms with Crippen LogP contribution >= 0.6 is 0 Å². The van der Waals surface area contributed by atoms with E-state index in [1.54, 1.807) is 43.2 Å². The summed E-state index contributed by atoms with van der Waals surface area (Å²) in [5, 5.41) is 0. The lowest BCUT2D eigenvalue weighted by atomic mass is 10.2. The summed E-state index contributed by atoms with van der Waals surface area (Å²) in [6, 6.07) is 9.51. The number of nitrogens with zero attached hydrogens (tertiary/aromatic N) is 1. The van der Waals surface area contributed by atoms with Crippen molar-refractivity contribution in [2.24, 2.45) is 0 Å². The number of hydrogen-bond acceptors (Lipinski definition) is 5. The van der Waals surface area contributed by atoms with E-state index in [-0.39, 0.29) is 23.9 Å². The van der Waals surface area contributed by atoms with Crippen molar-refractivity contribution in [2.75, 3.05) is 26.8 Å². The van der Waals surface area contributed by atoms with Crippen molar-refractivity contribution in [3.8, 4) is 0 Å². The number of furan rings is 1. The third kappa shape index (κ3) is 5.15. The molecule has 7 nitrogen and oxygen atoms in total. The average molecular weight is 366 g/mol. The van der Waals surface area contributed by atoms with Gasteiger partial charge in [-0.15, -0.1) is 0 Å². The van der Waals surface area contributed by atoms with Crippen molar-refractivity contribution in [3.63, 3.8) is 0 Å². The highest BCUT2D eigenvalue weighted by Crippen LogP contribution is 2.15. The molecular formula is C17H22N2O5S. The number of carbonyl (C=O) groups is 1. The number of benzene rings is 1. The summed E-state index contributed by atoms with van der Waals surface area (Å²) in [4.78, 5) is 14.4. The van der Waals surface area contributed by atoms with Gasteiger partial charge in [0.05, 0.1) is 24.3 Å². The van der Waals surface area contributed by atoms with Gasteiger partial charge in [0.2, 0.25) is 10.0 Å². The molecule has 0 aliphatic carbocycles. The smallest absolute Gasteiger partial charge is 0.254 e. The van der Waals surface area contributed by atoms with Gasteiger partial charge in [-0.1, -0.05) is 13.0 Å². The van der Waals surface area contributed by atoms with Crippen molar-refractivity contribution in [1.82, 2.24) is 9.62 Å². The fraction of sp³-hybridized carbons (Fsp3) is 0.353. The number of rotatable bonds is 9. The Labute approximate surface area is 147 Å². The normalized spacial score (nSPS) is 11.4. The van der Waals surface area contributed by atoms with Crippen molar-refractivity contribution in [1.29, 1.82) is 0 Å². The number of hydrogen-bond donors (Lipinski definition) is 1. The lowest BCUT2D eigenvalue weighted by Crippen LogP contribution is -2.33. The number of methoxy groups -OCH3 is 1. The summed E-state index contributed by atoms with van der Waals surface area (Å²) in [6.07, 6.45) is 1.54. The zero-order chi connectivity index (χ0) is 18.3. The molecule has 8 heteroatoms. The number of ether oxygens (including phenoxy) is 1. The summed E-state index contributed by atoms with van der Waals surface area (Å²) < 4.78 is 37.0. The summed E-state index contributed by atoms with van der Waals surface area (Å²) in [5.74, 6) is 0.350. The molecular weight excluding hydrogens is 344 g/mol. The summed E-state index contributed by atoms with van der Waals surface area (Å²) in [5.41, 5.74) is 0.293. The topological polar surface area (TPSA) is 88.9 Å². The van der Waals surface area contributed by atoms with Gasteiger partial charge < -0.3 is 14.1 Å². The first-order valence-electron chi connectivity index (χ1n) is 7.88. The Morgan fingerprint density at radius 1 is 1.28 bits per heavy atom. The molecule has 1 heterocycles. The highest BCUT2D eigenvalue weighted by atomic mass is 32.2. The maximum absolute atomic E-state index is 12.8. The minimum absolute atomic E-state index is 0.0601. The Morgan fingerprint density at radius 2 is 2.08 bits per heavy atom. The van der Waals surface area contributed by atoms with E-state index in [0.29, 0.717) is 24.5 Å². The van der Waals surface area contributed by atoms with Crippen molar-refractivity contribution in [3.05, 3.63) is 54.0 Å². The summed E-state index contributed by atoms with van der Waals surface area (Å²) in [6.45, 7) is 2.97. The molecule has 1 aromatic heterocycles. The first-order valence-corrected chi connectivity index (χ1v) is 9.36. The van der Waals surface area contributed by atoms with Gasteiger partial charge in [0.15, 0.2) is 0 Å². The van der Waals surface area contributed by atoms with E-state index in [9.17, 15) is 13.2 Å². The van der Waals surface area contributed by atoms with Crippen LogP contribution in [0.2, 0.25) is 0 Å². The molecule has 0 saturated carbocycles. The van der Waals surface area contributed by atoms with E-state index in [1.165, 1.54) is 18.4 Å². The highest BCUT2D eigenvalue weighted by molar-refractivity contribution is 7.89. The third-order valence-electron chi connectivity index (χ3n) is 3.50. The molecule has 0 saturated heterocycles. The molecule has 1 aromatic carbocycles. The van der Waals surface area contributed by atoms with E-state index in [2.05, 4.69) is 4.72 Å². The second-order valence-corrected chi connectivity index (χ2v) is 7.09. The van der Waals surface area contributed by atoms with E-state index in [1.807, 2.05) is 0 Å². The van der Waals surface area contributed by atoms with Crippen LogP contribution in [0, 0.1) is 0 Å². The van der Waals surface area contributed by atoms with Crippen LogP contribution in [0.5, 0.6) is 0 Å². The van der Waals surface area contributed by atoms with Gasteiger partial charge in [-0.3, -0.25) is 4.79 Å². The molecule has 136 valence electrons. The van der Waals surface area contributed by atoms with Crippen molar-refractivity contribution < 1.29 is 22.4 Å². The molecule has 25 heavy (non-hydrogen) atoms. The molecule has 2 aromatic rings. The quantitative estimate of drug-likeness (QED) is 0.732. The maximum atomic E-state index is 12.8. The molecule has 1 N–H and O–H groups in total. The Kier molecular flexibility index (Phi) is 6.74. The number of carbonyl (C=O) groups excluding carboxylic acids is 1. The fourth-order valence-corrected chi connectivity index (χ4v) is 3.38. The molecule has 0 fully saturated rings. The molecule has 0 aliphatic heterocycles. The summed E-state index contributed by atoms with van der Waals surface area (Å²) in [7, 11) is -2.07. The second-order valence-electron chi connectivity index (χ2n) is 5.33. The Bertz CT molecular complexity index is 787. The zero-order valence-electron chi connectivity index (χ0n) is 14.3. The molecule has 0 atom stereocenters. The lowest BCUT2D eigenvalue weighted by Gasteiger charge is -2.21. The van der Waals surface area contributed by atoms with Crippen LogP contribution in [0.4, 0.5) is 0 Å². The van der Waals surface area contributed by atoms with Gasteiger partial charge in [0.25, 0.3) is 5.91 Å². The predicted octanol–water partition coefficient (Wildman–Crippen LogP) is 1.87. The van der Waals surface area contributed by atoms with E-state index in [4.69, 9.17) is 9.15 Å². The van der Waals surface area contributed by atoms with Crippen LogP contribution < -0.4 is 4.72 Å². The largest absolute Gasteiger partial charge is 0.467 e. The van der Waals surface area contributed by atoms with E-state index >= 15 is 0 Å². The third-order valence-corrected chi connectivity index (χ3v) is 5.05. The SMILES string of the molecule is CCNS(=O)(=O)c1cccc(C(=O)N(CCOC)Cc2ccco2)c1. The lowest BCUT2D eigenvalue weighted by molar-refractivity contribution is 0.0666. The van der Waals surface area contributed by atoms with Gasteiger partial charge in [-0.25, -0.2) is 13.1 Å². The molecule has 0 unspecified atom stereocenters. The van der Waals surface area contributed by atoms with Crippen LogP contribution in [-0.2, 0) is 21.3 Å². The molecule has 0 aliphatic rings. The van der Waals surface area contributed by atoms with Gasteiger partial charge in [-0.05, 0) is 30.3 Å². The minimum atomic E-state index is -3.62. The van der Waals surface area contributed by atoms with Crippen LogP contribution in [0.15, 0.2) is 52.0 Å². The molecule has 1 amide bonds. The molecule has 2 rings (SSSR count). The Balaban J connectivity index is 2.25. The fourth-order valence-electron chi connectivity index (χ4n) is 2.30. The number of sulfonamides is 1. The highest BCUT2D eigenvalue weighted by Gasteiger charge is 2.20. The first-order chi connectivity index (χ1) is 12.0. The maximum Gasteiger partial charge on any atom is 0.254 e. The molecule has 0 radical (unpaired) electrons. The van der Waals surface area contributed by atoms with Gasteiger partial charge >= 0.3 is 0 Å². The molecule has 0 spiro atoms. The van der Waals surface area contributed by atoms with Gasteiger partial charge in [0.1, 0.15) is 5.76 Å². The Hall–Kier alpha value is -2.16. The van der Waals surface area contributed by atoms with Gasteiger partial charge in [-0.2, -0.15) is 0 Å². The van der Waals surface area contributed by atoms with Crippen LogP contribution in [-0.4, -0.2) is 46.0 Å². The van der Waals surface area contributed by atoms with E-state index in [0.717, 1.165) is 0 Å². The van der Waals surface area contributed by atoms with Crippen LogP contribution in [0.3, 0.4) is 0 Å². The van der Waals surface area contributed by atoms with Crippen LogP contribution in [0.25, 0.3) is 0 Å². The minimum Gasteiger partial charge on any atom is -0.467 e.